The molecule has 11 nitrogen and oxygen atoms in total. The van der Waals surface area contributed by atoms with Crippen LogP contribution >= 0.6 is 0 Å². The summed E-state index contributed by atoms with van der Waals surface area (Å²) in [6, 6.07) is 0.839. The van der Waals surface area contributed by atoms with Gasteiger partial charge in [0.05, 0.1) is 42.4 Å². The van der Waals surface area contributed by atoms with Gasteiger partial charge in [-0.25, -0.2) is 22.9 Å². The SMILES string of the molecule is Cc1cc(N)cc(-c2nc3c4c(nc(OCC56CCCN5CC(F)(F)C6)nc4c2F)N2C[C@H]4CC[C@@H]([C@H]2CCO3)N4C(=O)OC(C)(C)C)c1C(F)(F)F. The van der Waals surface area contributed by atoms with Crippen LogP contribution in [-0.2, 0) is 10.9 Å². The van der Waals surface area contributed by atoms with Crippen molar-refractivity contribution in [2.45, 2.75) is 108 Å². The summed E-state index contributed by atoms with van der Waals surface area (Å²) < 4.78 is 108. The van der Waals surface area contributed by atoms with Gasteiger partial charge in [-0.1, -0.05) is 0 Å². The lowest BCUT2D eigenvalue weighted by Crippen LogP contribution is -2.62. The van der Waals surface area contributed by atoms with Gasteiger partial charge in [-0.2, -0.15) is 23.1 Å². The monoisotopic (exact) mass is 749 g/mol. The molecule has 0 spiro atoms. The highest BCUT2D eigenvalue weighted by atomic mass is 19.4. The van der Waals surface area contributed by atoms with Crippen LogP contribution in [0, 0.1) is 12.7 Å². The number of nitrogens with zero attached hydrogens (tertiary/aromatic N) is 6. The van der Waals surface area contributed by atoms with E-state index in [2.05, 4.69) is 9.97 Å². The summed E-state index contributed by atoms with van der Waals surface area (Å²) in [5.41, 5.74) is 1.24. The molecule has 7 heterocycles. The summed E-state index contributed by atoms with van der Waals surface area (Å²) in [7, 11) is 0. The fourth-order valence-electron chi connectivity index (χ4n) is 9.21. The first-order valence-corrected chi connectivity index (χ1v) is 17.9. The van der Waals surface area contributed by atoms with Crippen molar-refractivity contribution in [3.63, 3.8) is 0 Å². The fourth-order valence-corrected chi connectivity index (χ4v) is 9.21. The summed E-state index contributed by atoms with van der Waals surface area (Å²) in [6.07, 6.45) is -2.94. The average molecular weight is 750 g/mol. The van der Waals surface area contributed by atoms with Crippen LogP contribution in [0.3, 0.4) is 0 Å². The number of alkyl halides is 5. The topological polar surface area (TPSA) is 119 Å². The molecule has 2 N–H and O–H groups in total. The number of nitrogens with two attached hydrogens (primary N) is 1. The summed E-state index contributed by atoms with van der Waals surface area (Å²) >= 11 is 0. The number of aryl methyl sites for hydroxylation is 1. The van der Waals surface area contributed by atoms with E-state index in [9.17, 15) is 26.7 Å². The van der Waals surface area contributed by atoms with Crippen molar-refractivity contribution in [2.75, 3.05) is 43.5 Å². The molecular formula is C36H41F6N7O4. The first-order valence-electron chi connectivity index (χ1n) is 17.9. The summed E-state index contributed by atoms with van der Waals surface area (Å²) in [6.45, 7) is 6.76. The lowest BCUT2D eigenvalue weighted by Gasteiger charge is -2.48. The fraction of sp³-hybridized carbons (Fsp3) is 0.611. The predicted molar refractivity (Wildman–Crippen MR) is 182 cm³/mol. The number of fused-ring (bicyclic) bond motifs is 6. The smallest absolute Gasteiger partial charge is 0.417 e. The maximum atomic E-state index is 17.0. The molecule has 5 aliphatic rings. The van der Waals surface area contributed by atoms with Gasteiger partial charge in [0.1, 0.15) is 34.6 Å². The normalized spacial score (nSPS) is 26.6. The van der Waals surface area contributed by atoms with E-state index in [-0.39, 0.29) is 72.2 Å². The van der Waals surface area contributed by atoms with Crippen LogP contribution in [0.4, 0.5) is 42.6 Å². The van der Waals surface area contributed by atoms with E-state index in [1.807, 2.05) is 4.90 Å². The van der Waals surface area contributed by atoms with Crippen molar-refractivity contribution < 1.29 is 45.3 Å². The molecule has 2 bridgehead atoms. The number of pyridine rings is 1. The Morgan fingerprint density at radius 1 is 1.09 bits per heavy atom. The third-order valence-electron chi connectivity index (χ3n) is 11.2. The second-order valence-electron chi connectivity index (χ2n) is 16.0. The Morgan fingerprint density at radius 2 is 1.87 bits per heavy atom. The number of hydrogen-bond donors (Lipinski definition) is 1. The number of rotatable bonds is 4. The van der Waals surface area contributed by atoms with Crippen LogP contribution in [0.15, 0.2) is 12.1 Å². The number of halogens is 6. The zero-order valence-corrected chi connectivity index (χ0v) is 29.8. The molecule has 1 aromatic carbocycles. The van der Waals surface area contributed by atoms with Crippen molar-refractivity contribution in [2.24, 2.45) is 0 Å². The molecule has 286 valence electrons. The Kier molecular flexibility index (Phi) is 8.17. The van der Waals surface area contributed by atoms with Gasteiger partial charge in [-0.05, 0) is 77.6 Å². The molecule has 0 radical (unpaired) electrons. The third-order valence-corrected chi connectivity index (χ3v) is 11.2. The van der Waals surface area contributed by atoms with Crippen LogP contribution in [0.5, 0.6) is 11.9 Å². The lowest BCUT2D eigenvalue weighted by molar-refractivity contribution is -0.137. The molecular weight excluding hydrogens is 708 g/mol. The van der Waals surface area contributed by atoms with Crippen LogP contribution in [0.1, 0.15) is 70.4 Å². The zero-order chi connectivity index (χ0) is 37.8. The van der Waals surface area contributed by atoms with E-state index in [0.717, 1.165) is 12.1 Å². The Balaban J connectivity index is 1.28. The third kappa shape index (κ3) is 6.11. The molecule has 4 atom stereocenters. The van der Waals surface area contributed by atoms with Gasteiger partial charge in [-0.3, -0.25) is 9.80 Å². The van der Waals surface area contributed by atoms with Crippen molar-refractivity contribution in [3.8, 4) is 23.1 Å². The summed E-state index contributed by atoms with van der Waals surface area (Å²) in [4.78, 5) is 32.4. The van der Waals surface area contributed by atoms with Crippen molar-refractivity contribution in [3.05, 3.63) is 29.1 Å². The molecule has 53 heavy (non-hydrogen) atoms. The Morgan fingerprint density at radius 3 is 2.60 bits per heavy atom. The summed E-state index contributed by atoms with van der Waals surface area (Å²) in [5, 5.41) is 0.0238. The molecule has 1 amide bonds. The molecule has 2 aromatic heterocycles. The van der Waals surface area contributed by atoms with Crippen LogP contribution < -0.4 is 20.1 Å². The van der Waals surface area contributed by atoms with Crippen molar-refractivity contribution in [1.82, 2.24) is 24.8 Å². The van der Waals surface area contributed by atoms with E-state index in [0.29, 0.717) is 38.6 Å². The van der Waals surface area contributed by atoms with Gasteiger partial charge in [-0.15, -0.1) is 0 Å². The first kappa shape index (κ1) is 35.7. The first-order chi connectivity index (χ1) is 24.8. The van der Waals surface area contributed by atoms with Gasteiger partial charge >= 0.3 is 18.3 Å². The molecule has 1 unspecified atom stereocenters. The Hall–Kier alpha value is -4.28. The Bertz CT molecular complexity index is 1990. The van der Waals surface area contributed by atoms with Crippen LogP contribution in [0.25, 0.3) is 22.2 Å². The molecule has 3 aromatic rings. The second kappa shape index (κ2) is 12.1. The number of carbonyl (C=O) groups is 1. The van der Waals surface area contributed by atoms with E-state index < -0.39 is 70.5 Å². The minimum absolute atomic E-state index is 0.0238. The number of carbonyl (C=O) groups excluding carboxylic acids is 1. The summed E-state index contributed by atoms with van der Waals surface area (Å²) in [5.74, 6) is -4.11. The molecule has 17 heteroatoms. The maximum absolute atomic E-state index is 17.0. The number of amides is 1. The Labute approximate surface area is 301 Å². The van der Waals surface area contributed by atoms with E-state index in [1.54, 1.807) is 30.6 Å². The predicted octanol–water partition coefficient (Wildman–Crippen LogP) is 6.73. The largest absolute Gasteiger partial charge is 0.477 e. The molecule has 8 rings (SSSR count). The number of anilines is 2. The van der Waals surface area contributed by atoms with Crippen molar-refractivity contribution in [1.29, 1.82) is 0 Å². The van der Waals surface area contributed by atoms with Gasteiger partial charge < -0.3 is 24.8 Å². The molecule has 0 saturated carbocycles. The second-order valence-corrected chi connectivity index (χ2v) is 16.0. The van der Waals surface area contributed by atoms with E-state index in [4.69, 9.17) is 24.9 Å². The van der Waals surface area contributed by atoms with Crippen LogP contribution in [-0.4, -0.2) is 98.9 Å². The molecule has 0 aliphatic carbocycles. The minimum atomic E-state index is -4.89. The number of aromatic nitrogens is 3. The number of piperazine rings is 1. The van der Waals surface area contributed by atoms with Gasteiger partial charge in [0.15, 0.2) is 5.82 Å². The number of nitrogen functional groups attached to an aromatic ring is 1. The van der Waals surface area contributed by atoms with E-state index in [1.165, 1.54) is 6.92 Å². The van der Waals surface area contributed by atoms with Crippen molar-refractivity contribution >= 4 is 28.5 Å². The highest BCUT2D eigenvalue weighted by Crippen LogP contribution is 2.49. The van der Waals surface area contributed by atoms with Gasteiger partial charge in [0, 0.05) is 30.6 Å². The standard InChI is InChI=1S/C36H41F6N7O4/c1-18-12-19(43)13-21(25(18)36(40,41)42)27-26(37)28-24-29(46-31(45-28)52-17-34-9-5-10-47(34)16-35(38,39)15-34)48-14-20-6-7-23(22(48)8-11-51-30(24)44-27)49(20)32(50)53-33(2,3)4/h12-13,20,22-23H,5-11,14-17,43H2,1-4H3/t20-,22-,23+,34?/m1/s1. The van der Waals surface area contributed by atoms with Gasteiger partial charge in [0.2, 0.25) is 5.88 Å². The molecule has 4 fully saturated rings. The lowest BCUT2D eigenvalue weighted by atomic mass is 9.94. The number of benzene rings is 1. The quantitative estimate of drug-likeness (QED) is 0.227. The van der Waals surface area contributed by atoms with Gasteiger partial charge in [0.25, 0.3) is 5.92 Å². The zero-order valence-electron chi connectivity index (χ0n) is 29.8. The maximum Gasteiger partial charge on any atom is 0.417 e. The number of ether oxygens (including phenoxy) is 3. The highest BCUT2D eigenvalue weighted by Gasteiger charge is 2.57. The molecule has 5 aliphatic heterocycles. The number of hydrogen-bond acceptors (Lipinski definition) is 10. The molecule has 4 saturated heterocycles. The highest BCUT2D eigenvalue weighted by molar-refractivity contribution is 5.97. The van der Waals surface area contributed by atoms with Crippen LogP contribution in [0.2, 0.25) is 0 Å². The average Bonchev–Trinajstić information content (AvgIpc) is 3.65. The minimum Gasteiger partial charge on any atom is -0.477 e. The van der Waals surface area contributed by atoms with E-state index >= 15 is 4.39 Å².